The summed E-state index contributed by atoms with van der Waals surface area (Å²) < 4.78 is 13.7. The second kappa shape index (κ2) is 5.79. The predicted octanol–water partition coefficient (Wildman–Crippen LogP) is 4.17. The van der Waals surface area contributed by atoms with Gasteiger partial charge in [-0.15, -0.1) is 11.3 Å². The zero-order chi connectivity index (χ0) is 14.0. The van der Waals surface area contributed by atoms with Gasteiger partial charge in [-0.3, -0.25) is 10.1 Å². The number of amides is 1. The molecule has 0 radical (unpaired) electrons. The van der Waals surface area contributed by atoms with Gasteiger partial charge < -0.3 is 0 Å². The van der Waals surface area contributed by atoms with Crippen LogP contribution in [-0.2, 0) is 6.42 Å². The van der Waals surface area contributed by atoms with Gasteiger partial charge in [0.15, 0.2) is 5.13 Å². The Kier molecular flexibility index (Phi) is 4.31. The van der Waals surface area contributed by atoms with E-state index < -0.39 is 5.82 Å². The Morgan fingerprint density at radius 2 is 2.26 bits per heavy atom. The largest absolute Gasteiger partial charge is 0.298 e. The molecule has 0 saturated heterocycles. The normalized spacial score (nSPS) is 10.5. The van der Waals surface area contributed by atoms with Crippen LogP contribution >= 0.6 is 27.3 Å². The SMILES string of the molecule is CCc1nc(NC(=O)c2ccc(Br)c(F)c2)sc1C. The number of carbonyl (C=O) groups is 1. The first-order chi connectivity index (χ1) is 9.01. The van der Waals surface area contributed by atoms with Gasteiger partial charge in [0.25, 0.3) is 5.91 Å². The van der Waals surface area contributed by atoms with Gasteiger partial charge in [-0.2, -0.15) is 0 Å². The van der Waals surface area contributed by atoms with E-state index in [1.165, 1.54) is 23.5 Å². The van der Waals surface area contributed by atoms with Crippen molar-refractivity contribution < 1.29 is 9.18 Å². The summed E-state index contributed by atoms with van der Waals surface area (Å²) in [6.07, 6.45) is 0.825. The molecule has 1 aromatic carbocycles. The molecule has 1 amide bonds. The van der Waals surface area contributed by atoms with Crippen LogP contribution in [0.2, 0.25) is 0 Å². The molecular formula is C13H12BrFN2OS. The van der Waals surface area contributed by atoms with Gasteiger partial charge in [0.05, 0.1) is 10.2 Å². The second-order valence-electron chi connectivity index (χ2n) is 3.96. The maximum Gasteiger partial charge on any atom is 0.257 e. The molecule has 2 aromatic rings. The molecule has 1 N–H and O–H groups in total. The van der Waals surface area contributed by atoms with E-state index >= 15 is 0 Å². The molecule has 0 aliphatic heterocycles. The average molecular weight is 343 g/mol. The minimum Gasteiger partial charge on any atom is -0.298 e. The highest BCUT2D eigenvalue weighted by molar-refractivity contribution is 9.10. The van der Waals surface area contributed by atoms with Gasteiger partial charge in [0.2, 0.25) is 0 Å². The van der Waals surface area contributed by atoms with Gasteiger partial charge in [-0.05, 0) is 47.5 Å². The number of benzene rings is 1. The van der Waals surface area contributed by atoms with Gasteiger partial charge in [-0.1, -0.05) is 6.92 Å². The topological polar surface area (TPSA) is 42.0 Å². The molecule has 100 valence electrons. The fourth-order valence-corrected chi connectivity index (χ4v) is 2.76. The van der Waals surface area contributed by atoms with Crippen molar-refractivity contribution in [3.8, 4) is 0 Å². The van der Waals surface area contributed by atoms with Crippen LogP contribution in [0.1, 0.15) is 27.9 Å². The summed E-state index contributed by atoms with van der Waals surface area (Å²) in [7, 11) is 0. The van der Waals surface area contributed by atoms with Crippen LogP contribution < -0.4 is 5.32 Å². The highest BCUT2D eigenvalue weighted by atomic mass is 79.9. The Labute approximate surface area is 123 Å². The number of nitrogens with zero attached hydrogens (tertiary/aromatic N) is 1. The van der Waals surface area contributed by atoms with E-state index in [4.69, 9.17) is 0 Å². The minimum absolute atomic E-state index is 0.270. The highest BCUT2D eigenvalue weighted by Crippen LogP contribution is 2.23. The van der Waals surface area contributed by atoms with Crippen molar-refractivity contribution in [3.63, 3.8) is 0 Å². The lowest BCUT2D eigenvalue weighted by molar-refractivity contribution is 0.102. The number of aromatic nitrogens is 1. The third kappa shape index (κ3) is 3.19. The van der Waals surface area contributed by atoms with Crippen molar-refractivity contribution in [1.82, 2.24) is 4.98 Å². The van der Waals surface area contributed by atoms with E-state index in [9.17, 15) is 9.18 Å². The summed E-state index contributed by atoms with van der Waals surface area (Å²) >= 11 is 4.47. The first-order valence-electron chi connectivity index (χ1n) is 5.74. The number of carbonyl (C=O) groups excluding carboxylic acids is 1. The summed E-state index contributed by atoms with van der Waals surface area (Å²) in [6.45, 7) is 3.98. The monoisotopic (exact) mass is 342 g/mol. The lowest BCUT2D eigenvalue weighted by Gasteiger charge is -2.02. The Morgan fingerprint density at radius 3 is 2.84 bits per heavy atom. The Bertz CT molecular complexity index is 627. The third-order valence-corrected chi connectivity index (χ3v) is 4.20. The fraction of sp³-hybridized carbons (Fsp3) is 0.231. The van der Waals surface area contributed by atoms with E-state index in [1.807, 2.05) is 13.8 Å². The van der Waals surface area contributed by atoms with Crippen LogP contribution in [0, 0.1) is 12.7 Å². The number of anilines is 1. The van der Waals surface area contributed by atoms with Gasteiger partial charge in [0.1, 0.15) is 5.82 Å². The standard InChI is InChI=1S/C13H12BrFN2OS/c1-3-11-7(2)19-13(16-11)17-12(18)8-4-5-9(14)10(15)6-8/h4-6H,3H2,1-2H3,(H,16,17,18). The predicted molar refractivity (Wildman–Crippen MR) is 78.3 cm³/mol. The Balaban J connectivity index is 2.18. The summed E-state index contributed by atoms with van der Waals surface area (Å²) in [5.74, 6) is -0.819. The first kappa shape index (κ1) is 14.1. The molecule has 0 aliphatic rings. The van der Waals surface area contributed by atoms with Crippen molar-refractivity contribution in [2.75, 3.05) is 5.32 Å². The van der Waals surface area contributed by atoms with Gasteiger partial charge >= 0.3 is 0 Å². The number of halogens is 2. The van der Waals surface area contributed by atoms with E-state index in [2.05, 4.69) is 26.2 Å². The molecule has 1 heterocycles. The van der Waals surface area contributed by atoms with Crippen molar-refractivity contribution in [2.45, 2.75) is 20.3 Å². The van der Waals surface area contributed by atoms with E-state index in [0.29, 0.717) is 9.60 Å². The lowest BCUT2D eigenvalue weighted by Crippen LogP contribution is -2.12. The molecule has 6 heteroatoms. The maximum absolute atomic E-state index is 13.4. The molecule has 0 fully saturated rings. The van der Waals surface area contributed by atoms with Crippen LogP contribution in [0.25, 0.3) is 0 Å². The van der Waals surface area contributed by atoms with Crippen molar-refractivity contribution >= 4 is 38.3 Å². The minimum atomic E-state index is -0.461. The molecule has 0 bridgehead atoms. The van der Waals surface area contributed by atoms with Crippen LogP contribution in [0.15, 0.2) is 22.7 Å². The number of rotatable bonds is 3. The number of hydrogen-bond donors (Lipinski definition) is 1. The summed E-state index contributed by atoms with van der Waals surface area (Å²) in [6, 6.07) is 4.26. The first-order valence-corrected chi connectivity index (χ1v) is 7.35. The smallest absolute Gasteiger partial charge is 0.257 e. The van der Waals surface area contributed by atoms with Crippen LogP contribution in [0.3, 0.4) is 0 Å². The van der Waals surface area contributed by atoms with E-state index in [0.717, 1.165) is 17.0 Å². The molecule has 3 nitrogen and oxygen atoms in total. The highest BCUT2D eigenvalue weighted by Gasteiger charge is 2.12. The molecule has 19 heavy (non-hydrogen) atoms. The van der Waals surface area contributed by atoms with Crippen LogP contribution in [-0.4, -0.2) is 10.9 Å². The van der Waals surface area contributed by atoms with Crippen LogP contribution in [0.5, 0.6) is 0 Å². The molecule has 0 spiro atoms. The van der Waals surface area contributed by atoms with Crippen molar-refractivity contribution in [2.24, 2.45) is 0 Å². The maximum atomic E-state index is 13.4. The number of nitrogens with one attached hydrogen (secondary N) is 1. The van der Waals surface area contributed by atoms with Crippen molar-refractivity contribution in [3.05, 3.63) is 44.6 Å². The number of thiazole rings is 1. The summed E-state index contributed by atoms with van der Waals surface area (Å²) in [4.78, 5) is 17.4. The third-order valence-electron chi connectivity index (χ3n) is 2.63. The molecule has 0 saturated carbocycles. The molecule has 0 aliphatic carbocycles. The Hall–Kier alpha value is -1.27. The summed E-state index contributed by atoms with van der Waals surface area (Å²) in [5.41, 5.74) is 1.24. The van der Waals surface area contributed by atoms with Crippen LogP contribution in [0.4, 0.5) is 9.52 Å². The second-order valence-corrected chi connectivity index (χ2v) is 6.02. The number of aryl methyl sites for hydroxylation is 2. The number of hydrogen-bond acceptors (Lipinski definition) is 3. The van der Waals surface area contributed by atoms with Crippen molar-refractivity contribution in [1.29, 1.82) is 0 Å². The molecule has 0 atom stereocenters. The summed E-state index contributed by atoms with van der Waals surface area (Å²) in [5, 5.41) is 3.23. The van der Waals surface area contributed by atoms with E-state index in [1.54, 1.807) is 6.07 Å². The fourth-order valence-electron chi connectivity index (χ4n) is 1.62. The average Bonchev–Trinajstić information content (AvgIpc) is 2.72. The zero-order valence-corrected chi connectivity index (χ0v) is 12.9. The quantitative estimate of drug-likeness (QED) is 0.909. The Morgan fingerprint density at radius 1 is 1.53 bits per heavy atom. The van der Waals surface area contributed by atoms with E-state index in [-0.39, 0.29) is 11.5 Å². The van der Waals surface area contributed by atoms with Gasteiger partial charge in [0, 0.05) is 10.4 Å². The van der Waals surface area contributed by atoms with Gasteiger partial charge in [-0.25, -0.2) is 9.37 Å². The lowest BCUT2D eigenvalue weighted by atomic mass is 10.2. The zero-order valence-electron chi connectivity index (χ0n) is 10.5. The molecule has 1 aromatic heterocycles. The molecule has 0 unspecified atom stereocenters. The molecular weight excluding hydrogens is 331 g/mol. The molecule has 2 rings (SSSR count).